The van der Waals surface area contributed by atoms with Crippen LogP contribution in [0.3, 0.4) is 0 Å². The topological polar surface area (TPSA) is 68.9 Å². The van der Waals surface area contributed by atoms with E-state index in [1.807, 2.05) is 0 Å². The summed E-state index contributed by atoms with van der Waals surface area (Å²) in [5, 5.41) is 10.1. The average Bonchev–Trinajstić information content (AvgIpc) is 2.99. The molecule has 2 heterocycles. The van der Waals surface area contributed by atoms with E-state index in [-0.39, 0.29) is 23.5 Å². The smallest absolute Gasteiger partial charge is 0.235 e. The SMILES string of the molecule is O=c1c(O)c(-c2ccc3c(c2)OCO3)oc2ccc(F)cc12. The molecule has 1 aromatic heterocycles. The first-order valence-electron chi connectivity index (χ1n) is 6.49. The molecular formula is C16H9FO5. The number of aromatic hydroxyl groups is 1. The molecule has 0 unspecified atom stereocenters. The zero-order valence-electron chi connectivity index (χ0n) is 11.1. The molecule has 1 aliphatic rings. The first kappa shape index (κ1) is 12.7. The van der Waals surface area contributed by atoms with Crippen molar-refractivity contribution in [2.45, 2.75) is 0 Å². The van der Waals surface area contributed by atoms with Crippen molar-refractivity contribution in [2.75, 3.05) is 6.79 Å². The predicted molar refractivity (Wildman–Crippen MR) is 75.7 cm³/mol. The second-order valence-corrected chi connectivity index (χ2v) is 4.82. The van der Waals surface area contributed by atoms with Crippen molar-refractivity contribution in [1.29, 1.82) is 0 Å². The molecule has 5 nitrogen and oxygen atoms in total. The summed E-state index contributed by atoms with van der Waals surface area (Å²) in [7, 11) is 0. The van der Waals surface area contributed by atoms with Crippen LogP contribution in [0.4, 0.5) is 4.39 Å². The highest BCUT2D eigenvalue weighted by atomic mass is 19.1. The molecule has 0 atom stereocenters. The summed E-state index contributed by atoms with van der Waals surface area (Å²) in [6, 6.07) is 8.47. The van der Waals surface area contributed by atoms with E-state index < -0.39 is 17.0 Å². The molecule has 0 aliphatic carbocycles. The second-order valence-electron chi connectivity index (χ2n) is 4.82. The van der Waals surface area contributed by atoms with Crippen molar-refractivity contribution < 1.29 is 23.4 Å². The maximum absolute atomic E-state index is 13.2. The number of rotatable bonds is 1. The minimum atomic E-state index is -0.687. The molecule has 1 N–H and O–H groups in total. The summed E-state index contributed by atoms with van der Waals surface area (Å²) in [6.45, 7) is 0.117. The summed E-state index contributed by atoms with van der Waals surface area (Å²) >= 11 is 0. The second kappa shape index (κ2) is 4.49. The number of fused-ring (bicyclic) bond motifs is 2. The zero-order chi connectivity index (χ0) is 15.3. The van der Waals surface area contributed by atoms with Gasteiger partial charge in [-0.2, -0.15) is 0 Å². The highest BCUT2D eigenvalue weighted by molar-refractivity contribution is 5.82. The minimum Gasteiger partial charge on any atom is -0.502 e. The van der Waals surface area contributed by atoms with Crippen LogP contribution >= 0.6 is 0 Å². The third kappa shape index (κ3) is 1.81. The van der Waals surface area contributed by atoms with Gasteiger partial charge in [0.05, 0.1) is 5.39 Å². The molecule has 6 heteroatoms. The van der Waals surface area contributed by atoms with Gasteiger partial charge in [-0.1, -0.05) is 0 Å². The first-order valence-corrected chi connectivity index (χ1v) is 6.49. The van der Waals surface area contributed by atoms with E-state index in [0.717, 1.165) is 6.07 Å². The third-order valence-corrected chi connectivity index (χ3v) is 3.46. The number of hydrogen-bond donors (Lipinski definition) is 1. The van der Waals surface area contributed by atoms with E-state index in [0.29, 0.717) is 17.1 Å². The Bertz CT molecular complexity index is 961. The quantitative estimate of drug-likeness (QED) is 0.748. The van der Waals surface area contributed by atoms with E-state index in [4.69, 9.17) is 13.9 Å². The Kier molecular flexibility index (Phi) is 2.59. The first-order chi connectivity index (χ1) is 10.6. The van der Waals surface area contributed by atoms with Crippen LogP contribution in [0.5, 0.6) is 17.2 Å². The van der Waals surface area contributed by atoms with Crippen molar-refractivity contribution in [1.82, 2.24) is 0 Å². The molecule has 0 amide bonds. The summed E-state index contributed by atoms with van der Waals surface area (Å²) in [6.07, 6.45) is 0. The van der Waals surface area contributed by atoms with Crippen LogP contribution in [0.1, 0.15) is 0 Å². The van der Waals surface area contributed by atoms with Gasteiger partial charge in [-0.05, 0) is 36.4 Å². The molecule has 4 rings (SSSR count). The van der Waals surface area contributed by atoms with Crippen molar-refractivity contribution in [3.63, 3.8) is 0 Å². The lowest BCUT2D eigenvalue weighted by Gasteiger charge is -2.06. The lowest BCUT2D eigenvalue weighted by Crippen LogP contribution is -2.03. The molecule has 0 radical (unpaired) electrons. The highest BCUT2D eigenvalue weighted by Gasteiger charge is 2.19. The molecule has 0 spiro atoms. The number of hydrogen-bond acceptors (Lipinski definition) is 5. The molecule has 1 aliphatic heterocycles. The summed E-state index contributed by atoms with van der Waals surface area (Å²) < 4.78 is 29.3. The summed E-state index contributed by atoms with van der Waals surface area (Å²) in [5.41, 5.74) is -0.0321. The van der Waals surface area contributed by atoms with Crippen LogP contribution in [0.2, 0.25) is 0 Å². The fourth-order valence-corrected chi connectivity index (χ4v) is 2.39. The molecule has 0 bridgehead atoms. The van der Waals surface area contributed by atoms with Gasteiger partial charge < -0.3 is 19.0 Å². The highest BCUT2D eigenvalue weighted by Crippen LogP contribution is 2.38. The molecule has 3 aromatic rings. The number of ether oxygens (including phenoxy) is 2. The van der Waals surface area contributed by atoms with Gasteiger partial charge in [0.25, 0.3) is 0 Å². The molecular weight excluding hydrogens is 291 g/mol. The van der Waals surface area contributed by atoms with Crippen LogP contribution in [0.25, 0.3) is 22.3 Å². The monoisotopic (exact) mass is 300 g/mol. The summed E-state index contributed by atoms with van der Waals surface area (Å²) in [4.78, 5) is 12.2. The molecule has 2 aromatic carbocycles. The van der Waals surface area contributed by atoms with Gasteiger partial charge in [-0.3, -0.25) is 4.79 Å². The predicted octanol–water partition coefficient (Wildman–Crippen LogP) is 3.03. The molecule has 110 valence electrons. The van der Waals surface area contributed by atoms with Crippen molar-refractivity contribution in [3.05, 3.63) is 52.4 Å². The van der Waals surface area contributed by atoms with E-state index in [2.05, 4.69) is 0 Å². The van der Waals surface area contributed by atoms with Gasteiger partial charge in [0.1, 0.15) is 11.4 Å². The van der Waals surface area contributed by atoms with E-state index in [1.165, 1.54) is 12.1 Å². The molecule has 0 fully saturated rings. The lowest BCUT2D eigenvalue weighted by molar-refractivity contribution is 0.174. The Morgan fingerprint density at radius 1 is 1.05 bits per heavy atom. The van der Waals surface area contributed by atoms with Gasteiger partial charge in [0.2, 0.25) is 18.0 Å². The molecule has 22 heavy (non-hydrogen) atoms. The van der Waals surface area contributed by atoms with Gasteiger partial charge >= 0.3 is 0 Å². The van der Waals surface area contributed by atoms with E-state index in [1.54, 1.807) is 18.2 Å². The molecule has 0 saturated carbocycles. The fourth-order valence-electron chi connectivity index (χ4n) is 2.39. The normalized spacial score (nSPS) is 12.8. The Morgan fingerprint density at radius 2 is 1.86 bits per heavy atom. The van der Waals surface area contributed by atoms with Crippen molar-refractivity contribution in [3.8, 4) is 28.6 Å². The fraction of sp³-hybridized carbons (Fsp3) is 0.0625. The Morgan fingerprint density at radius 3 is 2.73 bits per heavy atom. The Labute approximate surface area is 123 Å². The van der Waals surface area contributed by atoms with Gasteiger partial charge in [-0.25, -0.2) is 4.39 Å². The standard InChI is InChI=1S/C16H9FO5/c17-9-2-4-11-10(6-9)14(18)15(19)16(22-11)8-1-3-12-13(5-8)21-7-20-12/h1-6,19H,7H2. The maximum atomic E-state index is 13.2. The van der Waals surface area contributed by atoms with E-state index >= 15 is 0 Å². The summed E-state index contributed by atoms with van der Waals surface area (Å²) in [5.74, 6) is -0.0680. The average molecular weight is 300 g/mol. The third-order valence-electron chi connectivity index (χ3n) is 3.46. The zero-order valence-corrected chi connectivity index (χ0v) is 11.1. The van der Waals surface area contributed by atoms with Crippen LogP contribution in [-0.4, -0.2) is 11.9 Å². The molecule has 0 saturated heterocycles. The maximum Gasteiger partial charge on any atom is 0.235 e. The van der Waals surface area contributed by atoms with Crippen LogP contribution in [0, 0.1) is 5.82 Å². The Hall–Kier alpha value is -3.02. The van der Waals surface area contributed by atoms with E-state index in [9.17, 15) is 14.3 Å². The lowest BCUT2D eigenvalue weighted by atomic mass is 10.1. The van der Waals surface area contributed by atoms with Crippen LogP contribution in [-0.2, 0) is 0 Å². The van der Waals surface area contributed by atoms with Crippen molar-refractivity contribution >= 4 is 11.0 Å². The van der Waals surface area contributed by atoms with Gasteiger partial charge in [0.15, 0.2) is 17.3 Å². The largest absolute Gasteiger partial charge is 0.502 e. The van der Waals surface area contributed by atoms with Gasteiger partial charge in [0, 0.05) is 5.56 Å². The van der Waals surface area contributed by atoms with Crippen LogP contribution in [0.15, 0.2) is 45.6 Å². The van der Waals surface area contributed by atoms with Crippen LogP contribution < -0.4 is 14.9 Å². The number of benzene rings is 2. The van der Waals surface area contributed by atoms with Crippen molar-refractivity contribution in [2.24, 2.45) is 0 Å². The van der Waals surface area contributed by atoms with Gasteiger partial charge in [-0.15, -0.1) is 0 Å². The Balaban J connectivity index is 1.97. The number of halogens is 1. The minimum absolute atomic E-state index is 0.00223.